The zero-order valence-corrected chi connectivity index (χ0v) is 9.87. The van der Waals surface area contributed by atoms with Crippen molar-refractivity contribution in [1.82, 2.24) is 9.88 Å². The van der Waals surface area contributed by atoms with Crippen molar-refractivity contribution in [3.63, 3.8) is 0 Å². The Bertz CT molecular complexity index is 297. The van der Waals surface area contributed by atoms with Crippen LogP contribution in [0.15, 0.2) is 18.3 Å². The molecule has 0 spiro atoms. The molecule has 0 aliphatic heterocycles. The maximum atomic E-state index is 3.65. The van der Waals surface area contributed by atoms with E-state index in [9.17, 15) is 0 Å². The lowest BCUT2D eigenvalue weighted by molar-refractivity contribution is 0.377. The molecule has 2 rings (SSSR count). The van der Waals surface area contributed by atoms with Crippen LogP contribution in [0, 0.1) is 5.92 Å². The van der Waals surface area contributed by atoms with E-state index in [2.05, 4.69) is 42.2 Å². The second kappa shape index (κ2) is 4.84. The maximum Gasteiger partial charge on any atom is 0.0361 e. The summed E-state index contributed by atoms with van der Waals surface area (Å²) in [6.45, 7) is 3.33. The Kier molecular flexibility index (Phi) is 3.47. The molecule has 0 amide bonds. The molecule has 1 aromatic heterocycles. The Morgan fingerprint density at radius 1 is 1.47 bits per heavy atom. The lowest BCUT2D eigenvalue weighted by Crippen LogP contribution is -2.32. The lowest BCUT2D eigenvalue weighted by Gasteiger charge is -2.20. The van der Waals surface area contributed by atoms with E-state index >= 15 is 0 Å². The standard InChI is InChI=1S/C13H22N2/c1-11(12-6-3-4-7-12)14-10-13-8-5-9-15(13)2/h5,8-9,11-12,14H,3-4,6-7,10H2,1-2H3/t11-/m1/s1. The van der Waals surface area contributed by atoms with E-state index in [1.165, 1.54) is 31.4 Å². The quantitative estimate of drug-likeness (QED) is 0.801. The molecule has 1 atom stereocenters. The molecule has 2 nitrogen and oxygen atoms in total. The predicted molar refractivity (Wildman–Crippen MR) is 63.7 cm³/mol. The molecule has 1 aliphatic carbocycles. The highest BCUT2D eigenvalue weighted by atomic mass is 15.0. The smallest absolute Gasteiger partial charge is 0.0361 e. The van der Waals surface area contributed by atoms with Gasteiger partial charge in [-0.15, -0.1) is 0 Å². The number of nitrogens with one attached hydrogen (secondary N) is 1. The fourth-order valence-corrected chi connectivity index (χ4v) is 2.57. The van der Waals surface area contributed by atoms with Gasteiger partial charge in [0.05, 0.1) is 0 Å². The monoisotopic (exact) mass is 206 g/mol. The van der Waals surface area contributed by atoms with Gasteiger partial charge in [-0.2, -0.15) is 0 Å². The first-order valence-corrected chi connectivity index (χ1v) is 6.11. The van der Waals surface area contributed by atoms with Gasteiger partial charge in [0, 0.05) is 31.5 Å². The number of nitrogens with zero attached hydrogens (tertiary/aromatic N) is 1. The molecule has 1 aliphatic rings. The van der Waals surface area contributed by atoms with Gasteiger partial charge in [0.25, 0.3) is 0 Å². The minimum Gasteiger partial charge on any atom is -0.353 e. The number of aryl methyl sites for hydroxylation is 1. The summed E-state index contributed by atoms with van der Waals surface area (Å²) in [5, 5.41) is 3.65. The number of rotatable bonds is 4. The summed E-state index contributed by atoms with van der Waals surface area (Å²) in [5.74, 6) is 0.908. The molecule has 1 aromatic rings. The van der Waals surface area contributed by atoms with Crippen LogP contribution in [0.25, 0.3) is 0 Å². The SMILES string of the molecule is C[C@@H](NCc1cccn1C)C1CCCC1. The van der Waals surface area contributed by atoms with Crippen molar-refractivity contribution in [3.05, 3.63) is 24.0 Å². The fraction of sp³-hybridized carbons (Fsp3) is 0.692. The fourth-order valence-electron chi connectivity index (χ4n) is 2.57. The van der Waals surface area contributed by atoms with Gasteiger partial charge in [0.2, 0.25) is 0 Å². The van der Waals surface area contributed by atoms with Crippen LogP contribution in [-0.4, -0.2) is 10.6 Å². The molecule has 1 saturated carbocycles. The lowest BCUT2D eigenvalue weighted by atomic mass is 10.00. The number of aromatic nitrogens is 1. The van der Waals surface area contributed by atoms with Crippen LogP contribution in [0.2, 0.25) is 0 Å². The van der Waals surface area contributed by atoms with Crippen molar-refractivity contribution >= 4 is 0 Å². The van der Waals surface area contributed by atoms with Crippen molar-refractivity contribution in [3.8, 4) is 0 Å². The first kappa shape index (κ1) is 10.7. The van der Waals surface area contributed by atoms with E-state index in [4.69, 9.17) is 0 Å². The highest BCUT2D eigenvalue weighted by molar-refractivity contribution is 5.06. The van der Waals surface area contributed by atoms with Crippen LogP contribution >= 0.6 is 0 Å². The normalized spacial score (nSPS) is 19.6. The van der Waals surface area contributed by atoms with Crippen LogP contribution in [0.1, 0.15) is 38.3 Å². The molecule has 84 valence electrons. The number of hydrogen-bond acceptors (Lipinski definition) is 1. The topological polar surface area (TPSA) is 17.0 Å². The zero-order chi connectivity index (χ0) is 10.7. The van der Waals surface area contributed by atoms with Gasteiger partial charge in [-0.25, -0.2) is 0 Å². The van der Waals surface area contributed by atoms with Crippen LogP contribution in [0.4, 0.5) is 0 Å². The maximum absolute atomic E-state index is 3.65. The predicted octanol–water partition coefficient (Wildman–Crippen LogP) is 2.69. The van der Waals surface area contributed by atoms with Gasteiger partial charge in [-0.05, 0) is 37.8 Å². The van der Waals surface area contributed by atoms with Gasteiger partial charge in [0.1, 0.15) is 0 Å². The Balaban J connectivity index is 1.80. The van der Waals surface area contributed by atoms with Gasteiger partial charge in [-0.1, -0.05) is 12.8 Å². The van der Waals surface area contributed by atoms with E-state index in [1.54, 1.807) is 0 Å². The average molecular weight is 206 g/mol. The first-order valence-electron chi connectivity index (χ1n) is 6.11. The molecule has 1 fully saturated rings. The Labute approximate surface area is 92.7 Å². The average Bonchev–Trinajstić information content (AvgIpc) is 2.85. The third kappa shape index (κ3) is 2.63. The minimum absolute atomic E-state index is 0.669. The van der Waals surface area contributed by atoms with E-state index in [1.807, 2.05) is 0 Å². The van der Waals surface area contributed by atoms with E-state index in [-0.39, 0.29) is 0 Å². The Morgan fingerprint density at radius 2 is 2.20 bits per heavy atom. The molecular weight excluding hydrogens is 184 g/mol. The molecule has 0 radical (unpaired) electrons. The molecule has 1 heterocycles. The van der Waals surface area contributed by atoms with E-state index < -0.39 is 0 Å². The molecule has 2 heteroatoms. The van der Waals surface area contributed by atoms with Crippen molar-refractivity contribution in [2.75, 3.05) is 0 Å². The van der Waals surface area contributed by atoms with Gasteiger partial charge < -0.3 is 9.88 Å². The van der Waals surface area contributed by atoms with Crippen LogP contribution in [0.3, 0.4) is 0 Å². The Morgan fingerprint density at radius 3 is 2.80 bits per heavy atom. The third-order valence-corrected chi connectivity index (χ3v) is 3.76. The molecule has 0 aromatic carbocycles. The van der Waals surface area contributed by atoms with Crippen molar-refractivity contribution in [1.29, 1.82) is 0 Å². The van der Waals surface area contributed by atoms with Gasteiger partial charge in [-0.3, -0.25) is 0 Å². The molecule has 0 bridgehead atoms. The van der Waals surface area contributed by atoms with Crippen molar-refractivity contribution < 1.29 is 0 Å². The summed E-state index contributed by atoms with van der Waals surface area (Å²) < 4.78 is 2.19. The summed E-state index contributed by atoms with van der Waals surface area (Å²) >= 11 is 0. The van der Waals surface area contributed by atoms with Crippen LogP contribution < -0.4 is 5.32 Å². The molecule has 15 heavy (non-hydrogen) atoms. The van der Waals surface area contributed by atoms with E-state index in [0.717, 1.165) is 12.5 Å². The molecule has 0 saturated heterocycles. The number of hydrogen-bond donors (Lipinski definition) is 1. The van der Waals surface area contributed by atoms with Gasteiger partial charge in [0.15, 0.2) is 0 Å². The largest absolute Gasteiger partial charge is 0.353 e. The highest BCUT2D eigenvalue weighted by Gasteiger charge is 2.20. The molecule has 0 unspecified atom stereocenters. The Hall–Kier alpha value is -0.760. The second-order valence-corrected chi connectivity index (χ2v) is 4.82. The van der Waals surface area contributed by atoms with Crippen LogP contribution in [-0.2, 0) is 13.6 Å². The summed E-state index contributed by atoms with van der Waals surface area (Å²) in [7, 11) is 2.11. The third-order valence-electron chi connectivity index (χ3n) is 3.76. The summed E-state index contributed by atoms with van der Waals surface area (Å²) in [4.78, 5) is 0. The van der Waals surface area contributed by atoms with E-state index in [0.29, 0.717) is 6.04 Å². The minimum atomic E-state index is 0.669. The summed E-state index contributed by atoms with van der Waals surface area (Å²) in [6, 6.07) is 4.97. The summed E-state index contributed by atoms with van der Waals surface area (Å²) in [6.07, 6.45) is 7.81. The zero-order valence-electron chi connectivity index (χ0n) is 9.87. The van der Waals surface area contributed by atoms with Crippen LogP contribution in [0.5, 0.6) is 0 Å². The second-order valence-electron chi connectivity index (χ2n) is 4.82. The van der Waals surface area contributed by atoms with Gasteiger partial charge >= 0.3 is 0 Å². The van der Waals surface area contributed by atoms with Crippen molar-refractivity contribution in [2.24, 2.45) is 13.0 Å². The highest BCUT2D eigenvalue weighted by Crippen LogP contribution is 2.27. The van der Waals surface area contributed by atoms with Crippen molar-refractivity contribution in [2.45, 2.75) is 45.2 Å². The summed E-state index contributed by atoms with van der Waals surface area (Å²) in [5.41, 5.74) is 1.37. The molecule has 1 N–H and O–H groups in total. The molecular formula is C13H22N2. The first-order chi connectivity index (χ1) is 7.27.